The SMILES string of the molecule is CS(=O)(=O)N1CCN(c2ccc(OCC3CC4CCC(C3)N4)cc2)CC1. The molecule has 3 aliphatic rings. The largest absolute Gasteiger partial charge is 0.493 e. The van der Waals surface area contributed by atoms with E-state index >= 15 is 0 Å². The van der Waals surface area contributed by atoms with Gasteiger partial charge in [0.15, 0.2) is 0 Å². The number of hydrogen-bond donors (Lipinski definition) is 1. The van der Waals surface area contributed by atoms with Gasteiger partial charge in [-0.05, 0) is 55.9 Å². The van der Waals surface area contributed by atoms with E-state index in [1.165, 1.54) is 31.9 Å². The van der Waals surface area contributed by atoms with Gasteiger partial charge in [-0.3, -0.25) is 0 Å². The van der Waals surface area contributed by atoms with Crippen molar-refractivity contribution < 1.29 is 13.2 Å². The lowest BCUT2D eigenvalue weighted by Gasteiger charge is -2.34. The fraction of sp³-hybridized carbons (Fsp3) is 0.684. The fourth-order valence-corrected chi connectivity index (χ4v) is 5.38. The molecule has 4 rings (SSSR count). The highest BCUT2D eigenvalue weighted by molar-refractivity contribution is 7.88. The number of sulfonamides is 1. The highest BCUT2D eigenvalue weighted by Crippen LogP contribution is 2.31. The number of anilines is 1. The molecule has 2 unspecified atom stereocenters. The van der Waals surface area contributed by atoms with Crippen molar-refractivity contribution in [3.63, 3.8) is 0 Å². The number of benzene rings is 1. The van der Waals surface area contributed by atoms with Crippen LogP contribution in [0.2, 0.25) is 0 Å². The van der Waals surface area contributed by atoms with Crippen LogP contribution in [0.4, 0.5) is 5.69 Å². The van der Waals surface area contributed by atoms with E-state index in [9.17, 15) is 8.42 Å². The van der Waals surface area contributed by atoms with Gasteiger partial charge in [0.1, 0.15) is 5.75 Å². The minimum Gasteiger partial charge on any atom is -0.493 e. The van der Waals surface area contributed by atoms with Crippen molar-refractivity contribution in [1.29, 1.82) is 0 Å². The van der Waals surface area contributed by atoms with Crippen molar-refractivity contribution in [3.8, 4) is 5.75 Å². The molecule has 1 aromatic rings. The molecule has 0 amide bonds. The van der Waals surface area contributed by atoms with Crippen molar-refractivity contribution in [1.82, 2.24) is 9.62 Å². The van der Waals surface area contributed by atoms with Gasteiger partial charge in [0, 0.05) is 44.0 Å². The van der Waals surface area contributed by atoms with Crippen molar-refractivity contribution >= 4 is 15.7 Å². The number of hydrogen-bond acceptors (Lipinski definition) is 5. The normalized spacial score (nSPS) is 29.7. The summed E-state index contributed by atoms with van der Waals surface area (Å²) in [7, 11) is -3.08. The van der Waals surface area contributed by atoms with Gasteiger partial charge in [-0.1, -0.05) is 0 Å². The Kier molecular flexibility index (Phi) is 5.12. The van der Waals surface area contributed by atoms with Gasteiger partial charge in [0.25, 0.3) is 0 Å². The summed E-state index contributed by atoms with van der Waals surface area (Å²) in [5, 5.41) is 3.67. The van der Waals surface area contributed by atoms with Crippen molar-refractivity contribution in [2.45, 2.75) is 37.8 Å². The van der Waals surface area contributed by atoms with Crippen LogP contribution in [-0.4, -0.2) is 63.8 Å². The molecule has 7 heteroatoms. The highest BCUT2D eigenvalue weighted by Gasteiger charge is 2.33. The van der Waals surface area contributed by atoms with Gasteiger partial charge < -0.3 is 15.0 Å². The molecule has 3 heterocycles. The van der Waals surface area contributed by atoms with E-state index in [4.69, 9.17) is 4.74 Å². The van der Waals surface area contributed by atoms with Crippen LogP contribution in [-0.2, 0) is 10.0 Å². The number of piperazine rings is 1. The maximum Gasteiger partial charge on any atom is 0.211 e. The number of nitrogens with one attached hydrogen (secondary N) is 1. The zero-order valence-electron chi connectivity index (χ0n) is 15.4. The van der Waals surface area contributed by atoms with Gasteiger partial charge in [0.2, 0.25) is 10.0 Å². The standard InChI is InChI=1S/C19H29N3O3S/c1-26(23,24)22-10-8-21(9-11-22)18-4-6-19(7-5-18)25-14-15-12-16-2-3-17(13-15)20-16/h4-7,15-17,20H,2-3,8-14H2,1H3. The van der Waals surface area contributed by atoms with Crippen LogP contribution in [0.3, 0.4) is 0 Å². The third-order valence-electron chi connectivity index (χ3n) is 5.97. The average Bonchev–Trinajstić information content (AvgIpc) is 2.98. The molecule has 0 radical (unpaired) electrons. The summed E-state index contributed by atoms with van der Waals surface area (Å²) in [6.07, 6.45) is 6.39. The highest BCUT2D eigenvalue weighted by atomic mass is 32.2. The zero-order valence-corrected chi connectivity index (χ0v) is 16.2. The first-order valence-electron chi connectivity index (χ1n) is 9.66. The molecule has 1 aromatic carbocycles. The molecule has 3 fully saturated rings. The van der Waals surface area contributed by atoms with Crippen LogP contribution in [0, 0.1) is 5.92 Å². The van der Waals surface area contributed by atoms with Gasteiger partial charge in [0.05, 0.1) is 12.9 Å². The van der Waals surface area contributed by atoms with E-state index < -0.39 is 10.0 Å². The van der Waals surface area contributed by atoms with Gasteiger partial charge in [-0.2, -0.15) is 4.31 Å². The molecule has 2 bridgehead atoms. The Morgan fingerprint density at radius 1 is 1.04 bits per heavy atom. The number of piperidine rings is 1. The van der Waals surface area contributed by atoms with E-state index in [0.29, 0.717) is 31.1 Å². The Morgan fingerprint density at radius 2 is 1.65 bits per heavy atom. The molecule has 0 spiro atoms. The minimum absolute atomic E-state index is 0.551. The van der Waals surface area contributed by atoms with Crippen molar-refractivity contribution in [3.05, 3.63) is 24.3 Å². The molecule has 6 nitrogen and oxygen atoms in total. The maximum atomic E-state index is 11.6. The van der Waals surface area contributed by atoms with Crippen LogP contribution in [0.1, 0.15) is 25.7 Å². The lowest BCUT2D eigenvalue weighted by atomic mass is 9.93. The van der Waals surface area contributed by atoms with Crippen LogP contribution in [0.5, 0.6) is 5.75 Å². The Morgan fingerprint density at radius 3 is 2.23 bits per heavy atom. The number of fused-ring (bicyclic) bond motifs is 2. The molecule has 144 valence electrons. The van der Waals surface area contributed by atoms with Crippen molar-refractivity contribution in [2.24, 2.45) is 5.92 Å². The summed E-state index contributed by atoms with van der Waals surface area (Å²) in [5.41, 5.74) is 1.13. The summed E-state index contributed by atoms with van der Waals surface area (Å²) in [5.74, 6) is 1.59. The molecule has 26 heavy (non-hydrogen) atoms. The lowest BCUT2D eigenvalue weighted by Crippen LogP contribution is -2.48. The first kappa shape index (κ1) is 18.1. The Balaban J connectivity index is 1.27. The van der Waals surface area contributed by atoms with Crippen LogP contribution in [0.25, 0.3) is 0 Å². The summed E-state index contributed by atoms with van der Waals surface area (Å²) in [6, 6.07) is 9.64. The second-order valence-corrected chi connectivity index (χ2v) is 9.91. The molecule has 0 saturated carbocycles. The van der Waals surface area contributed by atoms with Crippen LogP contribution in [0.15, 0.2) is 24.3 Å². The molecule has 1 N–H and O–H groups in total. The predicted molar refractivity (Wildman–Crippen MR) is 103 cm³/mol. The molecular weight excluding hydrogens is 350 g/mol. The maximum absolute atomic E-state index is 11.6. The number of ether oxygens (including phenoxy) is 1. The molecule has 0 aromatic heterocycles. The van der Waals surface area contributed by atoms with Gasteiger partial charge >= 0.3 is 0 Å². The predicted octanol–water partition coefficient (Wildman–Crippen LogP) is 1.68. The lowest BCUT2D eigenvalue weighted by molar-refractivity contribution is 0.190. The average molecular weight is 380 g/mol. The monoisotopic (exact) mass is 379 g/mol. The smallest absolute Gasteiger partial charge is 0.211 e. The van der Waals surface area contributed by atoms with Crippen LogP contribution < -0.4 is 15.0 Å². The third kappa shape index (κ3) is 4.15. The van der Waals surface area contributed by atoms with Gasteiger partial charge in [-0.25, -0.2) is 8.42 Å². The van der Waals surface area contributed by atoms with Crippen molar-refractivity contribution in [2.75, 3.05) is 43.9 Å². The quantitative estimate of drug-likeness (QED) is 0.843. The Bertz CT molecular complexity index is 702. The third-order valence-corrected chi connectivity index (χ3v) is 7.27. The number of rotatable bonds is 5. The summed E-state index contributed by atoms with van der Waals surface area (Å²) >= 11 is 0. The van der Waals surface area contributed by atoms with E-state index in [-0.39, 0.29) is 0 Å². The molecule has 3 saturated heterocycles. The van der Waals surface area contributed by atoms with Gasteiger partial charge in [-0.15, -0.1) is 0 Å². The zero-order chi connectivity index (χ0) is 18.1. The van der Waals surface area contributed by atoms with E-state index in [2.05, 4.69) is 22.3 Å². The van der Waals surface area contributed by atoms with Crippen LogP contribution >= 0.6 is 0 Å². The summed E-state index contributed by atoms with van der Waals surface area (Å²) in [4.78, 5) is 2.23. The second-order valence-electron chi connectivity index (χ2n) is 7.93. The Hall–Kier alpha value is -1.31. The van der Waals surface area contributed by atoms with E-state index in [1.54, 1.807) is 4.31 Å². The summed E-state index contributed by atoms with van der Waals surface area (Å²) in [6.45, 7) is 3.36. The Labute approximate surface area is 156 Å². The molecule has 0 aliphatic carbocycles. The topological polar surface area (TPSA) is 61.9 Å². The fourth-order valence-electron chi connectivity index (χ4n) is 4.56. The number of nitrogens with zero attached hydrogens (tertiary/aromatic N) is 2. The van der Waals surface area contributed by atoms with E-state index in [1.807, 2.05) is 12.1 Å². The minimum atomic E-state index is -3.08. The molecule has 3 aliphatic heterocycles. The molecular formula is C19H29N3O3S. The van der Waals surface area contributed by atoms with E-state index in [0.717, 1.165) is 31.1 Å². The first-order valence-corrected chi connectivity index (χ1v) is 11.5. The molecule has 2 atom stereocenters. The first-order chi connectivity index (χ1) is 12.5. The summed E-state index contributed by atoms with van der Waals surface area (Å²) < 4.78 is 30.8. The second kappa shape index (κ2) is 7.37.